The first kappa shape index (κ1) is 25.8. The van der Waals surface area contributed by atoms with Gasteiger partial charge in [0.1, 0.15) is 0 Å². The first-order chi connectivity index (χ1) is 16.1. The number of carbonyl (C=O) groups is 3. The molecule has 2 aromatic carbocycles. The minimum atomic E-state index is -4.09. The van der Waals surface area contributed by atoms with E-state index < -0.39 is 33.9 Å². The van der Waals surface area contributed by atoms with Gasteiger partial charge in [0.25, 0.3) is 0 Å². The van der Waals surface area contributed by atoms with Gasteiger partial charge in [0.15, 0.2) is 0 Å². The van der Waals surface area contributed by atoms with Crippen molar-refractivity contribution in [2.24, 2.45) is 4.99 Å². The van der Waals surface area contributed by atoms with E-state index in [1.54, 1.807) is 6.92 Å². The molecule has 0 atom stereocenters. The van der Waals surface area contributed by atoms with Crippen LogP contribution in [0.25, 0.3) is 0 Å². The Balaban J connectivity index is 2.66. The minimum Gasteiger partial charge on any atom is -0.453 e. The molecule has 2 rings (SSSR count). The Morgan fingerprint density at radius 3 is 2.18 bits per heavy atom. The van der Waals surface area contributed by atoms with Crippen LogP contribution in [0.15, 0.2) is 57.2 Å². The molecule has 0 aliphatic carbocycles. The first-order valence-corrected chi connectivity index (χ1v) is 11.1. The number of hydrogen-bond acceptors (Lipinski definition) is 9. The third-order valence-electron chi connectivity index (χ3n) is 4.19. The molecule has 2 aromatic rings. The Morgan fingerprint density at radius 1 is 1.00 bits per heavy atom. The van der Waals surface area contributed by atoms with Crippen molar-refractivity contribution in [2.75, 3.05) is 19.5 Å². The summed E-state index contributed by atoms with van der Waals surface area (Å²) in [6.45, 7) is 1.61. The fourth-order valence-corrected chi connectivity index (χ4v) is 3.81. The van der Waals surface area contributed by atoms with Gasteiger partial charge in [-0.2, -0.15) is 5.26 Å². The van der Waals surface area contributed by atoms with Crippen molar-refractivity contribution in [2.45, 2.75) is 23.1 Å². The molecule has 0 aliphatic rings. The number of guanidine groups is 1. The monoisotopic (exact) mass is 487 g/mol. The molecular weight excluding hydrogens is 466 g/mol. The van der Waals surface area contributed by atoms with E-state index in [1.807, 2.05) is 6.07 Å². The third-order valence-corrected chi connectivity index (χ3v) is 5.94. The minimum absolute atomic E-state index is 0.104. The summed E-state index contributed by atoms with van der Waals surface area (Å²) in [7, 11) is -1.93. The van der Waals surface area contributed by atoms with Crippen molar-refractivity contribution in [1.82, 2.24) is 10.6 Å². The first-order valence-electron chi connectivity index (χ1n) is 9.62. The molecule has 0 fully saturated rings. The highest BCUT2D eigenvalue weighted by Gasteiger charge is 2.21. The van der Waals surface area contributed by atoms with Crippen LogP contribution in [0.4, 0.5) is 21.0 Å². The van der Waals surface area contributed by atoms with E-state index in [4.69, 9.17) is 5.26 Å². The van der Waals surface area contributed by atoms with Gasteiger partial charge in [-0.1, -0.05) is 13.0 Å². The maximum Gasteiger partial charge on any atom is 0.413 e. The second kappa shape index (κ2) is 11.4. The van der Waals surface area contributed by atoms with Crippen molar-refractivity contribution < 1.29 is 32.3 Å². The van der Waals surface area contributed by atoms with Gasteiger partial charge in [0, 0.05) is 6.42 Å². The molecule has 0 aliphatic heterocycles. The summed E-state index contributed by atoms with van der Waals surface area (Å²) in [6.07, 6.45) is -1.84. The molecule has 13 heteroatoms. The number of nitriles is 1. The zero-order chi connectivity index (χ0) is 25.3. The molecule has 12 nitrogen and oxygen atoms in total. The van der Waals surface area contributed by atoms with E-state index in [9.17, 15) is 22.8 Å². The Kier molecular flexibility index (Phi) is 8.68. The van der Waals surface area contributed by atoms with Crippen LogP contribution in [0, 0.1) is 11.3 Å². The largest absolute Gasteiger partial charge is 0.453 e. The summed E-state index contributed by atoms with van der Waals surface area (Å²) < 4.78 is 35.3. The van der Waals surface area contributed by atoms with E-state index in [0.717, 1.165) is 20.3 Å². The predicted molar refractivity (Wildman–Crippen MR) is 120 cm³/mol. The number of hydrogen-bond donors (Lipinski definition) is 3. The van der Waals surface area contributed by atoms with Crippen LogP contribution in [0.2, 0.25) is 0 Å². The van der Waals surface area contributed by atoms with E-state index in [0.29, 0.717) is 0 Å². The Hall–Kier alpha value is -4.44. The van der Waals surface area contributed by atoms with Crippen molar-refractivity contribution in [3.05, 3.63) is 48.0 Å². The summed E-state index contributed by atoms with van der Waals surface area (Å²) in [5.41, 5.74) is 0.146. The Labute approximate surface area is 195 Å². The fraction of sp³-hybridized carbons (Fsp3) is 0.190. The lowest BCUT2D eigenvalue weighted by atomic mass is 10.2. The number of ether oxygens (including phenoxy) is 2. The molecule has 0 radical (unpaired) electrons. The lowest BCUT2D eigenvalue weighted by Gasteiger charge is -2.13. The number of rotatable bonds is 5. The highest BCUT2D eigenvalue weighted by molar-refractivity contribution is 7.91. The Bertz CT molecular complexity index is 1260. The molecule has 0 spiro atoms. The number of aliphatic imine (C=N–C) groups is 1. The lowest BCUT2D eigenvalue weighted by Crippen LogP contribution is -2.43. The van der Waals surface area contributed by atoms with E-state index in [1.165, 1.54) is 36.4 Å². The number of methoxy groups -OCH3 is 2. The van der Waals surface area contributed by atoms with Gasteiger partial charge in [-0.3, -0.25) is 15.4 Å². The summed E-state index contributed by atoms with van der Waals surface area (Å²) in [4.78, 5) is 39.0. The fourth-order valence-electron chi connectivity index (χ4n) is 2.49. The predicted octanol–water partition coefficient (Wildman–Crippen LogP) is 2.44. The van der Waals surface area contributed by atoms with Gasteiger partial charge in [0.05, 0.1) is 47.0 Å². The quantitative estimate of drug-likeness (QED) is 0.425. The van der Waals surface area contributed by atoms with Crippen LogP contribution in [0.5, 0.6) is 0 Å². The number of sulfone groups is 1. The highest BCUT2D eigenvalue weighted by atomic mass is 32.2. The summed E-state index contributed by atoms with van der Waals surface area (Å²) >= 11 is 0. The smallest absolute Gasteiger partial charge is 0.413 e. The van der Waals surface area contributed by atoms with E-state index >= 15 is 0 Å². The molecule has 178 valence electrons. The molecule has 34 heavy (non-hydrogen) atoms. The van der Waals surface area contributed by atoms with Gasteiger partial charge in [0.2, 0.25) is 21.7 Å². The highest BCUT2D eigenvalue weighted by Crippen LogP contribution is 2.31. The zero-order valence-corrected chi connectivity index (χ0v) is 19.2. The van der Waals surface area contributed by atoms with Crippen molar-refractivity contribution in [3.8, 4) is 6.07 Å². The number of benzene rings is 2. The third kappa shape index (κ3) is 6.53. The second-order valence-corrected chi connectivity index (χ2v) is 8.37. The van der Waals surface area contributed by atoms with Crippen LogP contribution in [0.3, 0.4) is 0 Å². The van der Waals surface area contributed by atoms with Gasteiger partial charge in [-0.15, -0.1) is 0 Å². The molecule has 0 bridgehead atoms. The van der Waals surface area contributed by atoms with Crippen LogP contribution >= 0.6 is 0 Å². The molecule has 0 aromatic heterocycles. The molecular formula is C21H21N5O7S. The summed E-state index contributed by atoms with van der Waals surface area (Å²) in [6, 6.07) is 11.0. The van der Waals surface area contributed by atoms with E-state index in [-0.39, 0.29) is 33.2 Å². The zero-order valence-electron chi connectivity index (χ0n) is 18.4. The average molecular weight is 487 g/mol. The maximum atomic E-state index is 13.2. The van der Waals surface area contributed by atoms with Gasteiger partial charge >= 0.3 is 12.2 Å². The van der Waals surface area contributed by atoms with Crippen LogP contribution < -0.4 is 16.0 Å². The van der Waals surface area contributed by atoms with Crippen LogP contribution in [-0.4, -0.2) is 46.7 Å². The number of carbonyl (C=O) groups excluding carboxylic acids is 3. The molecule has 3 amide bonds. The standard InChI is InChI=1S/C21H21N5O7S/c1-4-18(27)23-16-9-8-15(34(30,31)14-7-5-6-13(10-14)12-22)11-17(16)24-19(25-20(28)32-2)26-21(29)33-3/h5-11H,4H2,1-3H3,(H,23,27)(H2,24,25,26,28,29). The topological polar surface area (TPSA) is 176 Å². The Morgan fingerprint density at radius 2 is 1.62 bits per heavy atom. The number of amides is 3. The van der Waals surface area contributed by atoms with Crippen molar-refractivity contribution in [1.29, 1.82) is 5.26 Å². The lowest BCUT2D eigenvalue weighted by molar-refractivity contribution is -0.115. The van der Waals surface area contributed by atoms with Gasteiger partial charge in [-0.05, 0) is 36.4 Å². The second-order valence-electron chi connectivity index (χ2n) is 6.42. The summed E-state index contributed by atoms with van der Waals surface area (Å²) in [5, 5.41) is 16.0. The van der Waals surface area contributed by atoms with Gasteiger partial charge < -0.3 is 14.8 Å². The van der Waals surface area contributed by atoms with Crippen molar-refractivity contribution in [3.63, 3.8) is 0 Å². The van der Waals surface area contributed by atoms with Crippen LogP contribution in [0.1, 0.15) is 18.9 Å². The van der Waals surface area contributed by atoms with Crippen LogP contribution in [-0.2, 0) is 24.1 Å². The normalized spacial score (nSPS) is 10.3. The number of nitrogens with zero attached hydrogens (tertiary/aromatic N) is 2. The average Bonchev–Trinajstić information content (AvgIpc) is 2.84. The van der Waals surface area contributed by atoms with Gasteiger partial charge in [-0.25, -0.2) is 23.0 Å². The summed E-state index contributed by atoms with van der Waals surface area (Å²) in [5.74, 6) is -0.844. The number of alkyl carbamates (subject to hydrolysis) is 2. The van der Waals surface area contributed by atoms with E-state index in [2.05, 4.69) is 30.4 Å². The van der Waals surface area contributed by atoms with Crippen molar-refractivity contribution >= 4 is 45.3 Å². The molecule has 0 saturated carbocycles. The number of anilines is 1. The SMILES string of the molecule is CCC(=O)Nc1ccc(S(=O)(=O)c2cccc(C#N)c2)cc1N=C(NC(=O)OC)NC(=O)OC. The molecule has 0 saturated heterocycles. The maximum absolute atomic E-state index is 13.2. The molecule has 0 heterocycles. The molecule has 3 N–H and O–H groups in total. The molecule has 0 unspecified atom stereocenters. The number of nitrogens with one attached hydrogen (secondary N) is 3.